The maximum Gasteiger partial charge on any atom is 0.0731 e. The number of hydrogen-bond donors (Lipinski definition) is 0. The van der Waals surface area contributed by atoms with Crippen molar-refractivity contribution in [2.75, 3.05) is 4.90 Å². The Hall–Kier alpha value is -7.37. The van der Waals surface area contributed by atoms with E-state index in [0.717, 1.165) is 44.8 Å². The molecule has 6 heterocycles. The summed E-state index contributed by atoms with van der Waals surface area (Å²) in [4.78, 5) is 16.7. The highest BCUT2D eigenvalue weighted by molar-refractivity contribution is 6.15. The molecule has 2 aliphatic heterocycles. The standard InChI is InChI=1S/C52H35N5/c1-52-30-37(27-43-40-16-5-7-20-47(40)57(51(43)52)49-21-8-6-19-44(49)52)39-17-9-18-41-42-26-33(22-23-48(42)56(50(39)41)38-14-3-2-4-15-38)45-28-36(34-12-10-24-53-31-34)29-46(55-45)35-13-11-25-54-32-35/h2-32,51H,1H3. The van der Waals surface area contributed by atoms with Crippen LogP contribution in [0.1, 0.15) is 23.6 Å². The fourth-order valence-electron chi connectivity index (χ4n) is 9.85. The zero-order valence-electron chi connectivity index (χ0n) is 31.2. The Morgan fingerprint density at radius 3 is 2.09 bits per heavy atom. The van der Waals surface area contributed by atoms with E-state index in [1.807, 2.05) is 30.7 Å². The van der Waals surface area contributed by atoms with E-state index in [1.165, 1.54) is 55.5 Å². The van der Waals surface area contributed by atoms with Gasteiger partial charge < -0.3 is 9.47 Å². The molecule has 5 nitrogen and oxygen atoms in total. The summed E-state index contributed by atoms with van der Waals surface area (Å²) in [7, 11) is 0. The first kappa shape index (κ1) is 31.9. The second-order valence-electron chi connectivity index (χ2n) is 15.5. The molecular formula is C52H35N5. The van der Waals surface area contributed by atoms with Gasteiger partial charge in [0.15, 0.2) is 0 Å². The van der Waals surface area contributed by atoms with Crippen LogP contribution in [-0.4, -0.2) is 25.6 Å². The highest BCUT2D eigenvalue weighted by Gasteiger charge is 2.54. The molecule has 5 aromatic carbocycles. The summed E-state index contributed by atoms with van der Waals surface area (Å²) in [6.07, 6.45) is 12.4. The van der Waals surface area contributed by atoms with Crippen LogP contribution >= 0.6 is 0 Å². The number of benzene rings is 5. The van der Waals surface area contributed by atoms with Gasteiger partial charge >= 0.3 is 0 Å². The highest BCUT2D eigenvalue weighted by atomic mass is 15.2. The van der Waals surface area contributed by atoms with Crippen molar-refractivity contribution >= 4 is 44.3 Å². The average Bonchev–Trinajstić information content (AvgIpc) is 3.90. The first-order chi connectivity index (χ1) is 28.1. The smallest absolute Gasteiger partial charge is 0.0731 e. The molecule has 0 bridgehead atoms. The van der Waals surface area contributed by atoms with Crippen molar-refractivity contribution < 1.29 is 0 Å². The fourth-order valence-corrected chi connectivity index (χ4v) is 9.85. The number of fused-ring (bicyclic) bond motifs is 9. The molecule has 9 aromatic rings. The second-order valence-corrected chi connectivity index (χ2v) is 15.5. The topological polar surface area (TPSA) is 46.8 Å². The van der Waals surface area contributed by atoms with E-state index >= 15 is 0 Å². The first-order valence-corrected chi connectivity index (χ1v) is 19.5. The van der Waals surface area contributed by atoms with E-state index in [9.17, 15) is 0 Å². The lowest BCUT2D eigenvalue weighted by atomic mass is 9.70. The van der Waals surface area contributed by atoms with Crippen LogP contribution in [0.4, 0.5) is 11.4 Å². The molecule has 12 rings (SSSR count). The number of hydrogen-bond acceptors (Lipinski definition) is 4. The number of aromatic nitrogens is 4. The zero-order valence-corrected chi connectivity index (χ0v) is 31.2. The Morgan fingerprint density at radius 1 is 0.561 bits per heavy atom. The van der Waals surface area contributed by atoms with E-state index in [-0.39, 0.29) is 11.5 Å². The van der Waals surface area contributed by atoms with Crippen molar-refractivity contribution in [1.29, 1.82) is 0 Å². The summed E-state index contributed by atoms with van der Waals surface area (Å²) in [5, 5.41) is 2.39. The summed E-state index contributed by atoms with van der Waals surface area (Å²) >= 11 is 0. The Balaban J connectivity index is 1.10. The van der Waals surface area contributed by atoms with E-state index in [0.29, 0.717) is 0 Å². The summed E-state index contributed by atoms with van der Waals surface area (Å²) in [5.74, 6) is 0. The molecule has 0 saturated heterocycles. The first-order valence-electron chi connectivity index (χ1n) is 19.5. The number of rotatable bonds is 5. The number of pyridine rings is 3. The van der Waals surface area contributed by atoms with Gasteiger partial charge in [-0.1, -0.05) is 91.0 Å². The van der Waals surface area contributed by atoms with Gasteiger partial charge in [-0.2, -0.15) is 0 Å². The molecule has 4 aromatic heterocycles. The molecule has 3 aliphatic rings. The second kappa shape index (κ2) is 12.1. The maximum atomic E-state index is 5.25. The number of nitrogens with zero attached hydrogens (tertiary/aromatic N) is 5. The van der Waals surface area contributed by atoms with Gasteiger partial charge in [0.05, 0.1) is 28.5 Å². The summed E-state index contributed by atoms with van der Waals surface area (Å²) in [6, 6.07) is 54.9. The van der Waals surface area contributed by atoms with Gasteiger partial charge in [0, 0.05) is 85.9 Å². The van der Waals surface area contributed by atoms with E-state index in [2.05, 4.69) is 178 Å². The van der Waals surface area contributed by atoms with Crippen molar-refractivity contribution in [3.8, 4) is 39.3 Å². The zero-order chi connectivity index (χ0) is 37.7. The van der Waals surface area contributed by atoms with Gasteiger partial charge in [-0.05, 0) is 102 Å². The van der Waals surface area contributed by atoms with Crippen LogP contribution in [0.25, 0.3) is 72.3 Å². The lowest BCUT2D eigenvalue weighted by Crippen LogP contribution is -2.38. The third-order valence-corrected chi connectivity index (χ3v) is 12.3. The Kier molecular flexibility index (Phi) is 6.76. The molecule has 268 valence electrons. The Labute approximate surface area is 330 Å². The molecule has 0 N–H and O–H groups in total. The summed E-state index contributed by atoms with van der Waals surface area (Å²) < 4.78 is 2.45. The predicted octanol–water partition coefficient (Wildman–Crippen LogP) is 12.2. The number of allylic oxidation sites excluding steroid dienone is 2. The van der Waals surface area contributed by atoms with Crippen LogP contribution < -0.4 is 4.90 Å². The molecular weight excluding hydrogens is 695 g/mol. The summed E-state index contributed by atoms with van der Waals surface area (Å²) in [5.41, 5.74) is 18.3. The fraction of sp³-hybridized carbons (Fsp3) is 0.0577. The molecule has 0 radical (unpaired) electrons. The van der Waals surface area contributed by atoms with Crippen LogP contribution in [0.15, 0.2) is 189 Å². The monoisotopic (exact) mass is 729 g/mol. The largest absolute Gasteiger partial charge is 0.332 e. The molecule has 0 saturated carbocycles. The van der Waals surface area contributed by atoms with Crippen LogP contribution in [0, 0.1) is 0 Å². The molecule has 57 heavy (non-hydrogen) atoms. The van der Waals surface area contributed by atoms with Crippen LogP contribution in [0.2, 0.25) is 0 Å². The van der Waals surface area contributed by atoms with Crippen LogP contribution in [0.3, 0.4) is 0 Å². The van der Waals surface area contributed by atoms with Crippen molar-refractivity contribution in [2.45, 2.75) is 18.4 Å². The predicted molar refractivity (Wildman–Crippen MR) is 233 cm³/mol. The SMILES string of the molecule is CC12C=C(c3cccc4c5cc(-c6cc(-c7cccnc7)cc(-c7cccnc7)n6)ccc5n(-c5ccccc5)c34)C=C3c4ccccc4N(c4ccccc41)C32. The van der Waals surface area contributed by atoms with Crippen LogP contribution in [0.5, 0.6) is 0 Å². The molecule has 2 unspecified atom stereocenters. The molecule has 0 spiro atoms. The molecule has 2 atom stereocenters. The van der Waals surface area contributed by atoms with Gasteiger partial charge in [0.1, 0.15) is 0 Å². The van der Waals surface area contributed by atoms with E-state index < -0.39 is 0 Å². The molecule has 0 fully saturated rings. The van der Waals surface area contributed by atoms with Crippen molar-refractivity contribution in [3.63, 3.8) is 0 Å². The molecule has 0 amide bonds. The van der Waals surface area contributed by atoms with Gasteiger partial charge in [0.25, 0.3) is 0 Å². The third-order valence-electron chi connectivity index (χ3n) is 12.3. The average molecular weight is 730 g/mol. The maximum absolute atomic E-state index is 5.25. The van der Waals surface area contributed by atoms with E-state index in [4.69, 9.17) is 4.98 Å². The van der Waals surface area contributed by atoms with Crippen molar-refractivity contribution in [2.24, 2.45) is 0 Å². The minimum absolute atomic E-state index is 0.212. The van der Waals surface area contributed by atoms with E-state index in [1.54, 1.807) is 6.20 Å². The van der Waals surface area contributed by atoms with Crippen LogP contribution in [-0.2, 0) is 5.41 Å². The molecule has 1 aliphatic carbocycles. The number of anilines is 2. The lowest BCUT2D eigenvalue weighted by molar-refractivity contribution is 0.573. The quantitative estimate of drug-likeness (QED) is 0.177. The normalized spacial score (nSPS) is 17.6. The lowest BCUT2D eigenvalue weighted by Gasteiger charge is -2.35. The Morgan fingerprint density at radius 2 is 1.28 bits per heavy atom. The van der Waals surface area contributed by atoms with Gasteiger partial charge in [-0.25, -0.2) is 4.98 Å². The number of para-hydroxylation sites is 4. The van der Waals surface area contributed by atoms with Gasteiger partial charge in [-0.3, -0.25) is 9.97 Å². The third kappa shape index (κ3) is 4.66. The minimum atomic E-state index is -0.217. The molecule has 5 heteroatoms. The highest BCUT2D eigenvalue weighted by Crippen LogP contribution is 2.61. The van der Waals surface area contributed by atoms with Crippen molar-refractivity contribution in [3.05, 3.63) is 205 Å². The minimum Gasteiger partial charge on any atom is -0.332 e. The van der Waals surface area contributed by atoms with Gasteiger partial charge in [0.2, 0.25) is 0 Å². The summed E-state index contributed by atoms with van der Waals surface area (Å²) in [6.45, 7) is 2.43. The van der Waals surface area contributed by atoms with Crippen molar-refractivity contribution in [1.82, 2.24) is 19.5 Å². The Bertz CT molecular complexity index is 3090. The van der Waals surface area contributed by atoms with Gasteiger partial charge in [-0.15, -0.1) is 0 Å².